The average Bonchev–Trinajstić information content (AvgIpc) is 2.46. The number of benzene rings is 2. The van der Waals surface area contributed by atoms with Crippen molar-refractivity contribution in [1.82, 2.24) is 0 Å². The number of aromatic hydroxyl groups is 3. The van der Waals surface area contributed by atoms with Gasteiger partial charge in [-0.1, -0.05) is 19.9 Å². The molecule has 3 heteroatoms. The molecule has 0 heterocycles. The Balaban J connectivity index is 2.13. The van der Waals surface area contributed by atoms with Crippen LogP contribution in [0.2, 0.25) is 0 Å². The zero-order chi connectivity index (χ0) is 15.9. The first-order valence-electron chi connectivity index (χ1n) is 7.69. The molecular weight excluding hydrogens is 276 g/mol. The molecule has 0 fully saturated rings. The minimum absolute atomic E-state index is 0.0619. The van der Waals surface area contributed by atoms with E-state index < -0.39 is 0 Å². The quantitative estimate of drug-likeness (QED) is 0.647. The van der Waals surface area contributed by atoms with Gasteiger partial charge in [-0.25, -0.2) is 0 Å². The zero-order valence-electron chi connectivity index (χ0n) is 13.1. The fraction of sp³-hybridized carbons (Fsp3) is 0.368. The third-order valence-electron chi connectivity index (χ3n) is 5.95. The second-order valence-corrected chi connectivity index (χ2v) is 7.23. The van der Waals surface area contributed by atoms with Crippen LogP contribution in [0.1, 0.15) is 54.5 Å². The molecule has 114 valence electrons. The number of phenols is 3. The maximum atomic E-state index is 10.2. The van der Waals surface area contributed by atoms with Gasteiger partial charge in [-0.05, 0) is 65.8 Å². The van der Waals surface area contributed by atoms with Gasteiger partial charge in [0, 0.05) is 10.8 Å². The Labute approximate surface area is 129 Å². The summed E-state index contributed by atoms with van der Waals surface area (Å²) in [5.74, 6) is 0.183. The van der Waals surface area contributed by atoms with Crippen LogP contribution >= 0.6 is 0 Å². The second kappa shape index (κ2) is 3.78. The van der Waals surface area contributed by atoms with Gasteiger partial charge in [0.2, 0.25) is 0 Å². The van der Waals surface area contributed by atoms with Crippen LogP contribution in [0.3, 0.4) is 0 Å². The molecule has 0 amide bonds. The van der Waals surface area contributed by atoms with E-state index in [1.165, 1.54) is 5.56 Å². The summed E-state index contributed by atoms with van der Waals surface area (Å²) in [4.78, 5) is 0. The van der Waals surface area contributed by atoms with Crippen molar-refractivity contribution in [2.75, 3.05) is 0 Å². The SMILES string of the molecule is Cc1cc2c(cc1O)[C@@]1(C)CC[C@]2(C)c2cc(O)c(O)cc21. The predicted octanol–water partition coefficient (Wildman–Crippen LogP) is 3.83. The van der Waals surface area contributed by atoms with Crippen LogP contribution in [0.15, 0.2) is 24.3 Å². The molecule has 0 saturated heterocycles. The molecule has 3 aliphatic rings. The Bertz CT molecular complexity index is 692. The van der Waals surface area contributed by atoms with Crippen LogP contribution in [0.4, 0.5) is 0 Å². The highest BCUT2D eigenvalue weighted by molar-refractivity contribution is 5.66. The summed E-state index contributed by atoms with van der Waals surface area (Å²) in [6, 6.07) is 7.37. The number of rotatable bonds is 0. The third-order valence-corrected chi connectivity index (χ3v) is 5.95. The summed E-state index contributed by atoms with van der Waals surface area (Å²) >= 11 is 0. The van der Waals surface area contributed by atoms with Crippen molar-refractivity contribution in [3.63, 3.8) is 0 Å². The van der Waals surface area contributed by atoms with E-state index in [0.29, 0.717) is 5.75 Å². The Hall–Kier alpha value is -2.16. The molecule has 0 unspecified atom stereocenters. The van der Waals surface area contributed by atoms with E-state index in [1.54, 1.807) is 12.1 Å². The minimum Gasteiger partial charge on any atom is -0.508 e. The highest BCUT2D eigenvalue weighted by Gasteiger charge is 2.52. The molecule has 0 saturated carbocycles. The summed E-state index contributed by atoms with van der Waals surface area (Å²) in [5.41, 5.74) is 4.98. The molecule has 2 bridgehead atoms. The Morgan fingerprint density at radius 3 is 1.50 bits per heavy atom. The lowest BCUT2D eigenvalue weighted by molar-refractivity contribution is 0.318. The molecule has 0 spiro atoms. The van der Waals surface area contributed by atoms with E-state index in [0.717, 1.165) is 35.1 Å². The number of aryl methyl sites for hydroxylation is 1. The van der Waals surface area contributed by atoms with Gasteiger partial charge in [0.1, 0.15) is 5.75 Å². The van der Waals surface area contributed by atoms with Crippen LogP contribution in [0.5, 0.6) is 17.2 Å². The fourth-order valence-electron chi connectivity index (χ4n) is 4.43. The van der Waals surface area contributed by atoms with E-state index >= 15 is 0 Å². The Morgan fingerprint density at radius 1 is 0.682 bits per heavy atom. The zero-order valence-corrected chi connectivity index (χ0v) is 13.1. The van der Waals surface area contributed by atoms with Crippen LogP contribution in [-0.4, -0.2) is 15.3 Å². The maximum absolute atomic E-state index is 10.2. The van der Waals surface area contributed by atoms with E-state index in [4.69, 9.17) is 0 Å². The van der Waals surface area contributed by atoms with Gasteiger partial charge in [-0.3, -0.25) is 0 Å². The Morgan fingerprint density at radius 2 is 1.05 bits per heavy atom. The first kappa shape index (κ1) is 13.5. The van der Waals surface area contributed by atoms with Crippen LogP contribution in [-0.2, 0) is 10.8 Å². The van der Waals surface area contributed by atoms with E-state index in [-0.39, 0.29) is 22.3 Å². The molecule has 3 aliphatic carbocycles. The van der Waals surface area contributed by atoms with Crippen molar-refractivity contribution in [3.8, 4) is 17.2 Å². The smallest absolute Gasteiger partial charge is 0.157 e. The minimum atomic E-state index is -0.237. The Kier molecular flexibility index (Phi) is 2.32. The van der Waals surface area contributed by atoms with Crippen LogP contribution < -0.4 is 0 Å². The molecular formula is C19H20O3. The van der Waals surface area contributed by atoms with E-state index in [9.17, 15) is 15.3 Å². The lowest BCUT2D eigenvalue weighted by Gasteiger charge is -2.53. The average molecular weight is 296 g/mol. The van der Waals surface area contributed by atoms with Gasteiger partial charge in [0.05, 0.1) is 0 Å². The lowest BCUT2D eigenvalue weighted by Crippen LogP contribution is -2.46. The number of phenolic OH excluding ortho intramolecular Hbond substituents is 3. The van der Waals surface area contributed by atoms with Gasteiger partial charge in [-0.15, -0.1) is 0 Å². The van der Waals surface area contributed by atoms with Crippen molar-refractivity contribution in [1.29, 1.82) is 0 Å². The van der Waals surface area contributed by atoms with Gasteiger partial charge in [0.25, 0.3) is 0 Å². The lowest BCUT2D eigenvalue weighted by atomic mass is 9.50. The summed E-state index contributed by atoms with van der Waals surface area (Å²) in [6.07, 6.45) is 1.97. The predicted molar refractivity (Wildman–Crippen MR) is 84.8 cm³/mol. The summed E-state index contributed by atoms with van der Waals surface area (Å²) in [5, 5.41) is 30.1. The largest absolute Gasteiger partial charge is 0.508 e. The van der Waals surface area contributed by atoms with Gasteiger partial charge in [-0.2, -0.15) is 0 Å². The summed E-state index contributed by atoms with van der Waals surface area (Å²) in [7, 11) is 0. The van der Waals surface area contributed by atoms with Crippen molar-refractivity contribution in [3.05, 3.63) is 52.1 Å². The third kappa shape index (κ3) is 1.37. The van der Waals surface area contributed by atoms with Crippen molar-refractivity contribution in [2.24, 2.45) is 0 Å². The number of fused-ring (bicyclic) bond motifs is 1. The molecule has 0 aromatic heterocycles. The van der Waals surface area contributed by atoms with Gasteiger partial charge < -0.3 is 15.3 Å². The monoisotopic (exact) mass is 296 g/mol. The molecule has 22 heavy (non-hydrogen) atoms. The standard InChI is InChI=1S/C19H20O3/c1-10-6-11-12(7-15(10)20)19(3)5-4-18(11,2)13-8-16(21)17(22)9-14(13)19/h6-9,20-22H,4-5H2,1-3H3/t18-,19+/m0/s1. The topological polar surface area (TPSA) is 60.7 Å². The molecule has 2 aromatic carbocycles. The fourth-order valence-corrected chi connectivity index (χ4v) is 4.43. The molecule has 3 nitrogen and oxygen atoms in total. The molecule has 5 rings (SSSR count). The summed E-state index contributed by atoms with van der Waals surface area (Å²) in [6.45, 7) is 6.27. The summed E-state index contributed by atoms with van der Waals surface area (Å²) < 4.78 is 0. The van der Waals surface area contributed by atoms with Gasteiger partial charge in [0.15, 0.2) is 11.5 Å². The molecule has 0 radical (unpaired) electrons. The second-order valence-electron chi connectivity index (χ2n) is 7.23. The van der Waals surface area contributed by atoms with E-state index in [2.05, 4.69) is 19.9 Å². The van der Waals surface area contributed by atoms with E-state index in [1.807, 2.05) is 13.0 Å². The first-order chi connectivity index (χ1) is 10.3. The molecule has 3 N–H and O–H groups in total. The van der Waals surface area contributed by atoms with Crippen LogP contribution in [0.25, 0.3) is 0 Å². The number of hydrogen-bond acceptors (Lipinski definition) is 3. The van der Waals surface area contributed by atoms with Gasteiger partial charge >= 0.3 is 0 Å². The number of hydrogen-bond donors (Lipinski definition) is 3. The molecule has 2 aromatic rings. The van der Waals surface area contributed by atoms with Crippen LogP contribution in [0, 0.1) is 6.92 Å². The first-order valence-corrected chi connectivity index (χ1v) is 7.69. The molecule has 0 aliphatic heterocycles. The highest BCUT2D eigenvalue weighted by Crippen LogP contribution is 2.61. The normalized spacial score (nSPS) is 28.3. The van der Waals surface area contributed by atoms with Crippen molar-refractivity contribution < 1.29 is 15.3 Å². The van der Waals surface area contributed by atoms with Crippen molar-refractivity contribution in [2.45, 2.75) is 44.4 Å². The highest BCUT2D eigenvalue weighted by atomic mass is 16.3. The maximum Gasteiger partial charge on any atom is 0.157 e. The van der Waals surface area contributed by atoms with Crippen molar-refractivity contribution >= 4 is 0 Å². The molecule has 2 atom stereocenters.